The van der Waals surface area contributed by atoms with Gasteiger partial charge in [0.15, 0.2) is 0 Å². The number of rotatable bonds is 6. The second kappa shape index (κ2) is 8.65. The van der Waals surface area contributed by atoms with Crippen molar-refractivity contribution in [1.29, 1.82) is 0 Å². The van der Waals surface area contributed by atoms with Crippen LogP contribution in [0.1, 0.15) is 16.8 Å². The number of H-pyrrole nitrogens is 1. The molecule has 0 radical (unpaired) electrons. The molecule has 0 aliphatic heterocycles. The molecule has 0 bridgehead atoms. The van der Waals surface area contributed by atoms with Crippen molar-refractivity contribution in [2.24, 2.45) is 5.73 Å². The highest BCUT2D eigenvalue weighted by Crippen LogP contribution is 2.18. The summed E-state index contributed by atoms with van der Waals surface area (Å²) in [6.07, 6.45) is 4.27. The van der Waals surface area contributed by atoms with Crippen molar-refractivity contribution in [3.8, 4) is 0 Å². The molecule has 10 heteroatoms. The second-order valence-electron chi connectivity index (χ2n) is 6.09. The van der Waals surface area contributed by atoms with Crippen molar-refractivity contribution in [2.45, 2.75) is 6.42 Å². The van der Waals surface area contributed by atoms with Crippen LogP contribution in [-0.2, 0) is 4.79 Å². The molecule has 0 saturated carbocycles. The molecule has 6 N–H and O–H groups in total. The number of hydrogen-bond donors (Lipinski definition) is 5. The predicted octanol–water partition coefficient (Wildman–Crippen LogP) is 1.17. The third-order valence-electron chi connectivity index (χ3n) is 3.98. The molecule has 0 atom stereocenters. The predicted molar refractivity (Wildman–Crippen MR) is 108 cm³/mol. The van der Waals surface area contributed by atoms with E-state index >= 15 is 0 Å². The molecule has 3 aromatic rings. The molecule has 0 aliphatic carbocycles. The Kier molecular flexibility index (Phi) is 5.83. The minimum absolute atomic E-state index is 0.0332. The van der Waals surface area contributed by atoms with Gasteiger partial charge in [-0.05, 0) is 24.3 Å². The number of anilines is 2. The van der Waals surface area contributed by atoms with Gasteiger partial charge in [-0.1, -0.05) is 6.07 Å². The first-order valence-corrected chi connectivity index (χ1v) is 8.64. The number of benzene rings is 1. The number of nitrogens with zero attached hydrogens (tertiary/aromatic N) is 1. The number of amides is 4. The Bertz CT molecular complexity index is 1140. The van der Waals surface area contributed by atoms with Gasteiger partial charge in [0.25, 0.3) is 11.5 Å². The van der Waals surface area contributed by atoms with E-state index in [4.69, 9.17) is 5.73 Å². The van der Waals surface area contributed by atoms with E-state index in [1.54, 1.807) is 30.3 Å². The summed E-state index contributed by atoms with van der Waals surface area (Å²) in [6, 6.07) is 7.63. The average molecular weight is 394 g/mol. The first-order chi connectivity index (χ1) is 13.9. The summed E-state index contributed by atoms with van der Waals surface area (Å²) in [5.74, 6) is -0.961. The highest BCUT2D eigenvalue weighted by atomic mass is 16.2. The first kappa shape index (κ1) is 19.5. The molecule has 10 nitrogen and oxygen atoms in total. The normalized spacial score (nSPS) is 10.3. The number of nitrogens with one attached hydrogen (secondary N) is 4. The van der Waals surface area contributed by atoms with Crippen molar-refractivity contribution >= 4 is 40.0 Å². The number of carbonyl (C=O) groups is 3. The number of pyridine rings is 2. The zero-order valence-electron chi connectivity index (χ0n) is 15.2. The third kappa shape index (κ3) is 4.95. The van der Waals surface area contributed by atoms with Crippen LogP contribution in [0.25, 0.3) is 10.8 Å². The van der Waals surface area contributed by atoms with Gasteiger partial charge < -0.3 is 26.7 Å². The Hall–Kier alpha value is -4.21. The number of fused-ring (bicyclic) bond motifs is 1. The molecule has 0 saturated heterocycles. The lowest BCUT2D eigenvalue weighted by Gasteiger charge is -2.10. The molecule has 4 amide bonds. The lowest BCUT2D eigenvalue weighted by molar-refractivity contribution is -0.117. The van der Waals surface area contributed by atoms with E-state index in [1.165, 1.54) is 18.6 Å². The van der Waals surface area contributed by atoms with Gasteiger partial charge in [-0.15, -0.1) is 0 Å². The molecule has 2 aromatic heterocycles. The summed E-state index contributed by atoms with van der Waals surface area (Å²) in [5.41, 5.74) is 5.80. The van der Waals surface area contributed by atoms with Crippen LogP contribution in [0.5, 0.6) is 0 Å². The minimum Gasteiger partial charge on any atom is -0.370 e. The quantitative estimate of drug-likeness (QED) is 0.424. The summed E-state index contributed by atoms with van der Waals surface area (Å²) in [6.45, 7) is 0.116. The molecule has 3 rings (SSSR count). The summed E-state index contributed by atoms with van der Waals surface area (Å²) in [7, 11) is 0. The van der Waals surface area contributed by atoms with E-state index in [2.05, 4.69) is 25.9 Å². The van der Waals surface area contributed by atoms with Crippen molar-refractivity contribution in [1.82, 2.24) is 15.3 Å². The van der Waals surface area contributed by atoms with Crippen LogP contribution >= 0.6 is 0 Å². The average Bonchev–Trinajstić information content (AvgIpc) is 2.68. The zero-order chi connectivity index (χ0) is 20.8. The summed E-state index contributed by atoms with van der Waals surface area (Å²) in [5, 5.41) is 8.59. The Balaban J connectivity index is 1.71. The monoisotopic (exact) mass is 394 g/mol. The Labute approximate surface area is 164 Å². The highest BCUT2D eigenvalue weighted by molar-refractivity contribution is 6.12. The molecular weight excluding hydrogens is 376 g/mol. The number of carbonyl (C=O) groups excluding carboxylic acids is 3. The van der Waals surface area contributed by atoms with Crippen molar-refractivity contribution in [2.75, 3.05) is 17.2 Å². The van der Waals surface area contributed by atoms with Crippen LogP contribution in [-0.4, -0.2) is 34.4 Å². The van der Waals surface area contributed by atoms with Crippen LogP contribution in [0, 0.1) is 0 Å². The largest absolute Gasteiger partial charge is 0.370 e. The van der Waals surface area contributed by atoms with Gasteiger partial charge in [-0.25, -0.2) is 4.79 Å². The van der Waals surface area contributed by atoms with Crippen LogP contribution in [0.3, 0.4) is 0 Å². The van der Waals surface area contributed by atoms with E-state index < -0.39 is 17.8 Å². The van der Waals surface area contributed by atoms with Gasteiger partial charge in [0.05, 0.1) is 10.9 Å². The SMILES string of the molecule is NC(=O)CCNC(=O)Nc1cccc(NC(=O)c2cncc3c(=O)[nH]ccc23)c1. The van der Waals surface area contributed by atoms with Crippen molar-refractivity contribution in [3.63, 3.8) is 0 Å². The summed E-state index contributed by atoms with van der Waals surface area (Å²) in [4.78, 5) is 53.6. The van der Waals surface area contributed by atoms with Gasteiger partial charge in [-0.2, -0.15) is 0 Å². The van der Waals surface area contributed by atoms with Gasteiger partial charge in [-0.3, -0.25) is 19.4 Å². The maximum Gasteiger partial charge on any atom is 0.319 e. The highest BCUT2D eigenvalue weighted by Gasteiger charge is 2.13. The molecule has 0 unspecified atom stereocenters. The number of primary amides is 1. The fourth-order valence-electron chi connectivity index (χ4n) is 2.64. The fourth-order valence-corrected chi connectivity index (χ4v) is 2.64. The molecule has 148 valence electrons. The van der Waals surface area contributed by atoms with E-state index in [1.807, 2.05) is 0 Å². The van der Waals surface area contributed by atoms with Gasteiger partial charge in [0.1, 0.15) is 0 Å². The lowest BCUT2D eigenvalue weighted by atomic mass is 10.1. The molecule has 0 aliphatic rings. The second-order valence-corrected chi connectivity index (χ2v) is 6.09. The number of nitrogens with two attached hydrogens (primary N) is 1. The fraction of sp³-hybridized carbons (Fsp3) is 0.105. The lowest BCUT2D eigenvalue weighted by Crippen LogP contribution is -2.31. The standard InChI is InChI=1S/C19H18N6O4/c20-16(26)5-7-23-19(29)25-12-3-1-2-11(8-12)24-18(28)15-10-21-9-14-13(15)4-6-22-17(14)27/h1-4,6,8-10H,5,7H2,(H2,20,26)(H,22,27)(H,24,28)(H2,23,25,29). The van der Waals surface area contributed by atoms with E-state index in [9.17, 15) is 19.2 Å². The van der Waals surface area contributed by atoms with Crippen molar-refractivity contribution < 1.29 is 14.4 Å². The van der Waals surface area contributed by atoms with Gasteiger partial charge in [0, 0.05) is 48.3 Å². The smallest absolute Gasteiger partial charge is 0.319 e. The van der Waals surface area contributed by atoms with Gasteiger partial charge in [0.2, 0.25) is 5.91 Å². The molecule has 1 aromatic carbocycles. The minimum atomic E-state index is -0.514. The molecule has 29 heavy (non-hydrogen) atoms. The van der Waals surface area contributed by atoms with Crippen LogP contribution in [0.4, 0.5) is 16.2 Å². The van der Waals surface area contributed by atoms with E-state index in [-0.39, 0.29) is 24.1 Å². The Morgan fingerprint density at radius 3 is 2.55 bits per heavy atom. The van der Waals surface area contributed by atoms with Crippen LogP contribution in [0.15, 0.2) is 53.7 Å². The Morgan fingerprint density at radius 1 is 1.03 bits per heavy atom. The number of aromatic nitrogens is 2. The molecule has 0 spiro atoms. The number of hydrogen-bond acceptors (Lipinski definition) is 5. The third-order valence-corrected chi connectivity index (χ3v) is 3.98. The summed E-state index contributed by atoms with van der Waals surface area (Å²) >= 11 is 0. The number of aromatic amines is 1. The van der Waals surface area contributed by atoms with Crippen molar-refractivity contribution in [3.05, 3.63) is 64.8 Å². The van der Waals surface area contributed by atoms with Crippen LogP contribution in [0.2, 0.25) is 0 Å². The van der Waals surface area contributed by atoms with Gasteiger partial charge >= 0.3 is 6.03 Å². The van der Waals surface area contributed by atoms with Crippen LogP contribution < -0.4 is 27.2 Å². The topological polar surface area (TPSA) is 159 Å². The maximum atomic E-state index is 12.7. The maximum absolute atomic E-state index is 12.7. The molecular formula is C19H18N6O4. The summed E-state index contributed by atoms with van der Waals surface area (Å²) < 4.78 is 0. The molecule has 2 heterocycles. The first-order valence-electron chi connectivity index (χ1n) is 8.64. The van der Waals surface area contributed by atoms with E-state index in [0.717, 1.165) is 0 Å². The Morgan fingerprint density at radius 2 is 1.79 bits per heavy atom. The molecule has 0 fully saturated rings. The van der Waals surface area contributed by atoms with E-state index in [0.29, 0.717) is 22.1 Å². The number of urea groups is 1. The zero-order valence-corrected chi connectivity index (χ0v) is 15.2.